The van der Waals surface area contributed by atoms with Crippen molar-refractivity contribution in [3.05, 3.63) is 51.6 Å². The third-order valence-corrected chi connectivity index (χ3v) is 8.37. The van der Waals surface area contributed by atoms with Crippen LogP contribution < -0.4 is 10.9 Å². The summed E-state index contributed by atoms with van der Waals surface area (Å²) in [6, 6.07) is 4.16. The summed E-state index contributed by atoms with van der Waals surface area (Å²) in [5.41, 5.74) is 2.22. The molecule has 218 valence electrons. The molecule has 1 atom stereocenters. The lowest BCUT2D eigenvalue weighted by Crippen LogP contribution is -2.48. The lowest BCUT2D eigenvalue weighted by atomic mass is 10.0. The Morgan fingerprint density at radius 3 is 2.46 bits per heavy atom. The van der Waals surface area contributed by atoms with E-state index in [0.29, 0.717) is 41.5 Å². The number of hydrogen-bond donors (Lipinski definition) is 1. The zero-order valence-electron chi connectivity index (χ0n) is 24.4. The third kappa shape index (κ3) is 6.15. The molecule has 2 aliphatic rings. The van der Waals surface area contributed by atoms with Crippen LogP contribution in [0.3, 0.4) is 0 Å². The number of Topliss-reactive ketones (excluding diaryl/α,β-unsaturated/α-hetero) is 1. The maximum Gasteiger partial charge on any atom is 0.320 e. The van der Waals surface area contributed by atoms with Crippen LogP contribution >= 0.6 is 0 Å². The highest BCUT2D eigenvalue weighted by atomic mass is 16.5. The number of nitrogens with one attached hydrogen (secondary N) is 1. The van der Waals surface area contributed by atoms with Gasteiger partial charge in [0.2, 0.25) is 5.95 Å². The average Bonchev–Trinajstić information content (AvgIpc) is 3.48. The van der Waals surface area contributed by atoms with Gasteiger partial charge in [-0.05, 0) is 57.7 Å². The van der Waals surface area contributed by atoms with Gasteiger partial charge < -0.3 is 10.1 Å². The van der Waals surface area contributed by atoms with Crippen LogP contribution in [-0.4, -0.2) is 80.4 Å². The van der Waals surface area contributed by atoms with Gasteiger partial charge in [-0.25, -0.2) is 9.97 Å². The lowest BCUT2D eigenvalue weighted by molar-refractivity contribution is -0.144. The number of fused-ring (bicyclic) bond motifs is 1. The molecular formula is C30H39N7O4. The molecule has 5 rings (SSSR count). The summed E-state index contributed by atoms with van der Waals surface area (Å²) in [5.74, 6) is 0.547. The Bertz CT molecular complexity index is 1470. The van der Waals surface area contributed by atoms with Crippen molar-refractivity contribution in [3.8, 4) is 0 Å². The molecule has 0 radical (unpaired) electrons. The highest BCUT2D eigenvalue weighted by Gasteiger charge is 2.26. The Hall–Kier alpha value is -3.70. The van der Waals surface area contributed by atoms with Gasteiger partial charge in [-0.2, -0.15) is 4.98 Å². The van der Waals surface area contributed by atoms with Crippen molar-refractivity contribution >= 4 is 34.6 Å². The Morgan fingerprint density at radius 1 is 1.10 bits per heavy atom. The Balaban J connectivity index is 1.31. The molecule has 1 saturated heterocycles. The van der Waals surface area contributed by atoms with Crippen molar-refractivity contribution in [3.63, 3.8) is 0 Å². The molecule has 11 heteroatoms. The van der Waals surface area contributed by atoms with Gasteiger partial charge in [0.15, 0.2) is 5.78 Å². The van der Waals surface area contributed by atoms with E-state index in [9.17, 15) is 14.4 Å². The summed E-state index contributed by atoms with van der Waals surface area (Å²) in [4.78, 5) is 56.0. The van der Waals surface area contributed by atoms with Gasteiger partial charge in [-0.3, -0.25) is 28.8 Å². The van der Waals surface area contributed by atoms with Crippen molar-refractivity contribution in [2.75, 3.05) is 44.6 Å². The molecule has 0 aromatic carbocycles. The van der Waals surface area contributed by atoms with Crippen molar-refractivity contribution < 1.29 is 14.3 Å². The first-order chi connectivity index (χ1) is 19.8. The summed E-state index contributed by atoms with van der Waals surface area (Å²) in [5, 5.41) is 3.90. The fourth-order valence-electron chi connectivity index (χ4n) is 6.06. The quantitative estimate of drug-likeness (QED) is 0.305. The van der Waals surface area contributed by atoms with Crippen LogP contribution in [0, 0.1) is 6.92 Å². The smallest absolute Gasteiger partial charge is 0.320 e. The minimum absolute atomic E-state index is 0.0253. The topological polar surface area (TPSA) is 123 Å². The van der Waals surface area contributed by atoms with Crippen LogP contribution in [0.4, 0.5) is 11.8 Å². The standard InChI is InChI=1S/C30H39N7O4/c1-5-41-26(39)18-35-12-14-36(15-13-35)20(3)22-10-11-25(31-16-22)33-30-32-17-24-19(2)27(21(4)38)29(40)37(28(24)34-30)23-8-6-7-9-23/h10-11,16-17,20,23H,5-9,12-15,18H2,1-4H3,(H,31,32,33,34). The van der Waals surface area contributed by atoms with Crippen LogP contribution in [0.25, 0.3) is 11.0 Å². The van der Waals surface area contributed by atoms with Gasteiger partial charge in [0.25, 0.3) is 5.56 Å². The van der Waals surface area contributed by atoms with E-state index in [4.69, 9.17) is 9.72 Å². The summed E-state index contributed by atoms with van der Waals surface area (Å²) in [6.45, 7) is 11.3. The predicted molar refractivity (Wildman–Crippen MR) is 157 cm³/mol. The Kier molecular flexibility index (Phi) is 8.74. The average molecular weight is 562 g/mol. The van der Waals surface area contributed by atoms with E-state index in [2.05, 4.69) is 32.0 Å². The molecule has 1 saturated carbocycles. The van der Waals surface area contributed by atoms with E-state index in [-0.39, 0.29) is 35.0 Å². The van der Waals surface area contributed by atoms with Crippen molar-refractivity contribution in [2.45, 2.75) is 65.5 Å². The van der Waals surface area contributed by atoms with Gasteiger partial charge >= 0.3 is 5.97 Å². The van der Waals surface area contributed by atoms with E-state index in [1.807, 2.05) is 25.3 Å². The van der Waals surface area contributed by atoms with E-state index in [1.54, 1.807) is 17.7 Å². The second-order valence-corrected chi connectivity index (χ2v) is 11.0. The predicted octanol–water partition coefficient (Wildman–Crippen LogP) is 3.80. The van der Waals surface area contributed by atoms with Gasteiger partial charge in [-0.1, -0.05) is 18.9 Å². The molecule has 3 aromatic heterocycles. The first-order valence-electron chi connectivity index (χ1n) is 14.5. The maximum absolute atomic E-state index is 13.4. The second-order valence-electron chi connectivity index (χ2n) is 11.0. The zero-order chi connectivity index (χ0) is 29.1. The number of aromatic nitrogens is 4. The van der Waals surface area contributed by atoms with Crippen LogP contribution in [-0.2, 0) is 9.53 Å². The minimum atomic E-state index is -0.266. The Morgan fingerprint density at radius 2 is 1.83 bits per heavy atom. The van der Waals surface area contributed by atoms with Crippen LogP contribution in [0.2, 0.25) is 0 Å². The maximum atomic E-state index is 13.4. The van der Waals surface area contributed by atoms with E-state index in [1.165, 1.54) is 6.92 Å². The summed E-state index contributed by atoms with van der Waals surface area (Å²) in [6.07, 6.45) is 7.44. The van der Waals surface area contributed by atoms with E-state index in [0.717, 1.165) is 57.4 Å². The summed E-state index contributed by atoms with van der Waals surface area (Å²) in [7, 11) is 0. The second kappa shape index (κ2) is 12.4. The molecule has 4 heterocycles. The molecule has 41 heavy (non-hydrogen) atoms. The molecular weight excluding hydrogens is 522 g/mol. The molecule has 2 fully saturated rings. The monoisotopic (exact) mass is 561 g/mol. The lowest BCUT2D eigenvalue weighted by Gasteiger charge is -2.37. The molecule has 1 aliphatic carbocycles. The number of carbonyl (C=O) groups is 2. The van der Waals surface area contributed by atoms with Gasteiger partial charge in [0.1, 0.15) is 11.5 Å². The number of piperazine rings is 1. The number of hydrogen-bond acceptors (Lipinski definition) is 10. The number of pyridine rings is 2. The molecule has 0 spiro atoms. The fourth-order valence-corrected chi connectivity index (χ4v) is 6.06. The molecule has 11 nitrogen and oxygen atoms in total. The van der Waals surface area contributed by atoms with Gasteiger partial charge in [0, 0.05) is 56.0 Å². The third-order valence-electron chi connectivity index (χ3n) is 8.37. The number of esters is 1. The number of anilines is 2. The van der Waals surface area contributed by atoms with Crippen LogP contribution in [0.5, 0.6) is 0 Å². The highest BCUT2D eigenvalue weighted by Crippen LogP contribution is 2.32. The normalized spacial score (nSPS) is 17.6. The number of rotatable bonds is 9. The number of carbonyl (C=O) groups excluding carboxylic acids is 2. The largest absolute Gasteiger partial charge is 0.465 e. The number of ether oxygens (including phenoxy) is 1. The van der Waals surface area contributed by atoms with Crippen LogP contribution in [0.15, 0.2) is 29.3 Å². The summed E-state index contributed by atoms with van der Waals surface area (Å²) < 4.78 is 6.78. The zero-order valence-corrected chi connectivity index (χ0v) is 24.4. The molecule has 3 aromatic rings. The SMILES string of the molecule is CCOC(=O)CN1CCN(C(C)c2ccc(Nc3ncc4c(C)c(C(C)=O)c(=O)n(C5CCCC5)c4n3)nc2)CC1. The highest BCUT2D eigenvalue weighted by molar-refractivity contribution is 5.99. The van der Waals surface area contributed by atoms with Gasteiger partial charge in [-0.15, -0.1) is 0 Å². The summed E-state index contributed by atoms with van der Waals surface area (Å²) >= 11 is 0. The minimum Gasteiger partial charge on any atom is -0.465 e. The van der Waals surface area contributed by atoms with Crippen molar-refractivity contribution in [2.24, 2.45) is 0 Å². The van der Waals surface area contributed by atoms with Gasteiger partial charge in [0.05, 0.1) is 18.7 Å². The molecule has 0 amide bonds. The van der Waals surface area contributed by atoms with E-state index < -0.39 is 0 Å². The fraction of sp³-hybridized carbons (Fsp3) is 0.533. The molecule has 0 bridgehead atoms. The number of nitrogens with zero attached hydrogens (tertiary/aromatic N) is 6. The first kappa shape index (κ1) is 28.8. The molecule has 1 N–H and O–H groups in total. The van der Waals surface area contributed by atoms with Crippen molar-refractivity contribution in [1.82, 2.24) is 29.3 Å². The van der Waals surface area contributed by atoms with E-state index >= 15 is 0 Å². The number of aryl methyl sites for hydroxylation is 1. The first-order valence-corrected chi connectivity index (χ1v) is 14.5. The Labute approximate surface area is 239 Å². The molecule has 1 aliphatic heterocycles. The van der Waals surface area contributed by atoms with Crippen LogP contribution in [0.1, 0.15) is 80.0 Å². The van der Waals surface area contributed by atoms with Crippen molar-refractivity contribution in [1.29, 1.82) is 0 Å². The molecule has 1 unspecified atom stereocenters. The number of ketones is 1.